The van der Waals surface area contributed by atoms with E-state index in [1.807, 2.05) is 0 Å². The molecule has 0 heterocycles. The number of methoxy groups -OCH3 is 3. The van der Waals surface area contributed by atoms with Gasteiger partial charge in [-0.15, -0.1) is 29.8 Å². The van der Waals surface area contributed by atoms with Crippen molar-refractivity contribution in [2.24, 2.45) is 5.92 Å². The summed E-state index contributed by atoms with van der Waals surface area (Å²) in [6.45, 7) is 3.52. The van der Waals surface area contributed by atoms with E-state index in [4.69, 9.17) is 37.4 Å². The Morgan fingerprint density at radius 1 is 1.41 bits per heavy atom. The van der Waals surface area contributed by atoms with E-state index >= 15 is 0 Å². The van der Waals surface area contributed by atoms with Crippen LogP contribution in [0, 0.1) is 5.92 Å². The zero-order chi connectivity index (χ0) is 17.0. The Hall–Kier alpha value is -0.660. The first kappa shape index (κ1) is 17.7. The number of halogens is 2. The van der Waals surface area contributed by atoms with Crippen LogP contribution >= 0.6 is 23.2 Å². The van der Waals surface area contributed by atoms with Crippen LogP contribution in [-0.4, -0.2) is 59.3 Å². The van der Waals surface area contributed by atoms with Crippen LogP contribution in [0.25, 0.3) is 0 Å². The minimum Gasteiger partial charge on any atom is -0.469 e. The number of carbonyl (C=O) groups excluding carboxylic acids is 2. The number of esters is 1. The number of hydrogen-bond acceptors (Lipinski definition) is 6. The summed E-state index contributed by atoms with van der Waals surface area (Å²) in [6.07, 6.45) is 1.07. The minimum absolute atomic E-state index is 0.136. The Balaban J connectivity index is 2.74. The van der Waals surface area contributed by atoms with Gasteiger partial charge in [0.05, 0.1) is 13.0 Å². The molecule has 124 valence electrons. The van der Waals surface area contributed by atoms with Crippen molar-refractivity contribution in [2.75, 3.05) is 21.3 Å². The average Bonchev–Trinajstić information content (AvgIpc) is 2.77. The summed E-state index contributed by atoms with van der Waals surface area (Å²) >= 11 is 13.2. The highest BCUT2D eigenvalue weighted by Crippen LogP contribution is 2.70. The Kier molecular flexibility index (Phi) is 4.16. The molecule has 0 aromatic carbocycles. The molecule has 0 aromatic heterocycles. The third-order valence-corrected chi connectivity index (χ3v) is 6.23. The number of alkyl halides is 2. The van der Waals surface area contributed by atoms with Crippen LogP contribution in [0.5, 0.6) is 0 Å². The normalized spacial score (nSPS) is 42.5. The predicted octanol–water partition coefficient (Wildman–Crippen LogP) is 1.01. The molecule has 2 bridgehead atoms. The largest absolute Gasteiger partial charge is 0.469 e. The van der Waals surface area contributed by atoms with E-state index in [1.165, 1.54) is 27.4 Å². The van der Waals surface area contributed by atoms with E-state index < -0.39 is 38.8 Å². The molecule has 0 aromatic rings. The van der Waals surface area contributed by atoms with Gasteiger partial charge in [0.15, 0.2) is 16.3 Å². The second-order valence-corrected chi connectivity index (χ2v) is 6.74. The molecule has 0 spiro atoms. The summed E-state index contributed by atoms with van der Waals surface area (Å²) in [7, 11) is 3.69. The molecule has 2 rings (SSSR count). The van der Waals surface area contributed by atoms with Crippen molar-refractivity contribution in [2.45, 2.75) is 34.0 Å². The number of ether oxygens (including phenoxy) is 3. The van der Waals surface area contributed by atoms with Crippen molar-refractivity contribution in [3.05, 3.63) is 12.7 Å². The molecule has 6 nitrogen and oxygen atoms in total. The van der Waals surface area contributed by atoms with Gasteiger partial charge >= 0.3 is 5.97 Å². The lowest BCUT2D eigenvalue weighted by atomic mass is 9.75. The van der Waals surface area contributed by atoms with Gasteiger partial charge in [-0.25, -0.2) is 0 Å². The quantitative estimate of drug-likeness (QED) is 0.344. The Morgan fingerprint density at radius 2 is 1.95 bits per heavy atom. The Morgan fingerprint density at radius 3 is 2.36 bits per heavy atom. The van der Waals surface area contributed by atoms with E-state index in [0.717, 1.165) is 0 Å². The maximum absolute atomic E-state index is 12.9. The van der Waals surface area contributed by atoms with Crippen molar-refractivity contribution in [1.29, 1.82) is 0 Å². The number of hydrogen-bond donors (Lipinski definition) is 1. The molecule has 2 aliphatic rings. The highest BCUT2D eigenvalue weighted by Gasteiger charge is 2.91. The minimum atomic E-state index is -2.06. The van der Waals surface area contributed by atoms with Gasteiger partial charge in [0.1, 0.15) is 4.87 Å². The van der Waals surface area contributed by atoms with Crippen LogP contribution in [0.2, 0.25) is 0 Å². The summed E-state index contributed by atoms with van der Waals surface area (Å²) in [6, 6.07) is 0. The fourth-order valence-electron chi connectivity index (χ4n) is 3.86. The first-order chi connectivity index (χ1) is 10.2. The van der Waals surface area contributed by atoms with Gasteiger partial charge in [0.2, 0.25) is 5.79 Å². The van der Waals surface area contributed by atoms with Crippen molar-refractivity contribution in [3.63, 3.8) is 0 Å². The molecule has 2 fully saturated rings. The average molecular weight is 353 g/mol. The highest BCUT2D eigenvalue weighted by atomic mass is 35.5. The van der Waals surface area contributed by atoms with Crippen LogP contribution in [0.3, 0.4) is 0 Å². The van der Waals surface area contributed by atoms with Crippen molar-refractivity contribution < 1.29 is 28.9 Å². The van der Waals surface area contributed by atoms with Crippen molar-refractivity contribution in [1.82, 2.24) is 0 Å². The number of Topliss-reactive ketones (excluding diaryl/α,β-unsaturated/α-hetero) is 1. The van der Waals surface area contributed by atoms with E-state index in [-0.39, 0.29) is 12.8 Å². The zero-order valence-corrected chi connectivity index (χ0v) is 14.0. The molecular weight excluding hydrogens is 335 g/mol. The maximum atomic E-state index is 12.9. The van der Waals surface area contributed by atoms with Crippen LogP contribution in [0.15, 0.2) is 12.7 Å². The van der Waals surface area contributed by atoms with Gasteiger partial charge in [-0.3, -0.25) is 9.59 Å². The van der Waals surface area contributed by atoms with Crippen LogP contribution < -0.4 is 0 Å². The van der Waals surface area contributed by atoms with E-state index in [9.17, 15) is 14.7 Å². The SMILES string of the molecule is C=CC[C@@]1(O)C(=O)[C@]2(Cl)[C@H](C(=O)OC)C[C@@]1(Cl)C2(OC)OC. The summed E-state index contributed by atoms with van der Waals surface area (Å²) in [5.74, 6) is -4.53. The van der Waals surface area contributed by atoms with Crippen LogP contribution in [-0.2, 0) is 23.8 Å². The maximum Gasteiger partial charge on any atom is 0.311 e. The topological polar surface area (TPSA) is 82.1 Å². The molecule has 2 saturated carbocycles. The molecule has 0 amide bonds. The van der Waals surface area contributed by atoms with Crippen molar-refractivity contribution in [3.8, 4) is 0 Å². The van der Waals surface area contributed by atoms with Gasteiger partial charge in [0, 0.05) is 20.6 Å². The molecule has 0 aliphatic heterocycles. The lowest BCUT2D eigenvalue weighted by Gasteiger charge is -2.41. The Labute approximate surface area is 138 Å². The van der Waals surface area contributed by atoms with Gasteiger partial charge in [-0.1, -0.05) is 6.08 Å². The molecular formula is C14H18Cl2O6. The third-order valence-electron chi connectivity index (χ3n) is 4.83. The van der Waals surface area contributed by atoms with Crippen LogP contribution in [0.1, 0.15) is 12.8 Å². The molecule has 0 unspecified atom stereocenters. The molecule has 2 aliphatic carbocycles. The van der Waals surface area contributed by atoms with Gasteiger partial charge < -0.3 is 19.3 Å². The van der Waals surface area contributed by atoms with Gasteiger partial charge in [-0.2, -0.15) is 0 Å². The molecule has 8 heteroatoms. The first-order valence-corrected chi connectivity index (χ1v) is 7.36. The summed E-state index contributed by atoms with van der Waals surface area (Å²) in [5, 5.41) is 10.9. The monoisotopic (exact) mass is 352 g/mol. The molecule has 0 radical (unpaired) electrons. The smallest absolute Gasteiger partial charge is 0.311 e. The summed E-state index contributed by atoms with van der Waals surface area (Å²) in [4.78, 5) is 21.2. The van der Waals surface area contributed by atoms with E-state index in [0.29, 0.717) is 0 Å². The lowest BCUT2D eigenvalue weighted by Crippen LogP contribution is -2.60. The number of carbonyl (C=O) groups is 2. The summed E-state index contributed by atoms with van der Waals surface area (Å²) in [5.41, 5.74) is -2.06. The Bertz CT molecular complexity index is 533. The summed E-state index contributed by atoms with van der Waals surface area (Å²) < 4.78 is 15.4. The van der Waals surface area contributed by atoms with E-state index in [2.05, 4.69) is 6.58 Å². The second kappa shape index (κ2) is 5.18. The standard InChI is InChI=1S/C14H18Cl2O6/c1-5-6-11(19)10(18)13(16)8(9(17)20-2)7-12(11,15)14(13,21-3)22-4/h5,8,19H,1,6-7H2,2-4H3/t8-,11+,12-,13+/m0/s1. The molecule has 1 N–H and O–H groups in total. The number of aliphatic hydroxyl groups is 1. The molecule has 22 heavy (non-hydrogen) atoms. The van der Waals surface area contributed by atoms with Gasteiger partial charge in [-0.05, 0) is 6.42 Å². The van der Waals surface area contributed by atoms with Crippen molar-refractivity contribution >= 4 is 35.0 Å². The zero-order valence-electron chi connectivity index (χ0n) is 12.5. The van der Waals surface area contributed by atoms with E-state index in [1.54, 1.807) is 0 Å². The first-order valence-electron chi connectivity index (χ1n) is 6.61. The number of ketones is 1. The molecule has 0 saturated heterocycles. The van der Waals surface area contributed by atoms with Gasteiger partial charge in [0.25, 0.3) is 0 Å². The predicted molar refractivity (Wildman–Crippen MR) is 78.8 cm³/mol. The second-order valence-electron chi connectivity index (χ2n) is 5.50. The molecule has 4 atom stereocenters. The highest BCUT2D eigenvalue weighted by molar-refractivity contribution is 6.45. The number of fused-ring (bicyclic) bond motifs is 2. The third kappa shape index (κ3) is 1.52. The number of rotatable bonds is 5. The fourth-order valence-corrected chi connectivity index (χ4v) is 5.17. The fraction of sp³-hybridized carbons (Fsp3) is 0.714. The lowest BCUT2D eigenvalue weighted by molar-refractivity contribution is -0.232. The van der Waals surface area contributed by atoms with Crippen LogP contribution in [0.4, 0.5) is 0 Å².